The molecular weight excluding hydrogens is 250 g/mol. The monoisotopic (exact) mass is 263 g/mol. The maximum absolute atomic E-state index is 11.0. The molecule has 0 saturated heterocycles. The first-order valence-corrected chi connectivity index (χ1v) is 5.37. The van der Waals surface area contributed by atoms with E-state index in [-0.39, 0.29) is 22.6 Å². The molecule has 0 bridgehead atoms. The Hall–Kier alpha value is -2.55. The average Bonchev–Trinajstić information content (AvgIpc) is 2.30. The fourth-order valence-electron chi connectivity index (χ4n) is 1.40. The molecule has 1 aromatic carbocycles. The highest BCUT2D eigenvalue weighted by atomic mass is 16.6. The molecule has 6 heteroatoms. The Bertz CT molecular complexity index is 583. The van der Waals surface area contributed by atoms with Gasteiger partial charge in [0.1, 0.15) is 5.75 Å². The van der Waals surface area contributed by atoms with Crippen LogP contribution in [0, 0.1) is 29.4 Å². The zero-order valence-corrected chi connectivity index (χ0v) is 10.8. The molecule has 0 radical (unpaired) electrons. The van der Waals surface area contributed by atoms with E-state index in [1.165, 1.54) is 13.0 Å². The van der Waals surface area contributed by atoms with Crippen molar-refractivity contribution >= 4 is 11.7 Å². The minimum Gasteiger partial charge on any atom is -0.478 e. The zero-order chi connectivity index (χ0) is 14.8. The quantitative estimate of drug-likeness (QED) is 0.511. The molecule has 0 aliphatic rings. The van der Waals surface area contributed by atoms with Crippen LogP contribution in [0.2, 0.25) is 0 Å². The molecule has 100 valence electrons. The van der Waals surface area contributed by atoms with Gasteiger partial charge in [0.2, 0.25) is 0 Å². The summed E-state index contributed by atoms with van der Waals surface area (Å²) in [4.78, 5) is 21.2. The minimum absolute atomic E-state index is 0.0922. The first-order chi connectivity index (χ1) is 8.68. The van der Waals surface area contributed by atoms with Gasteiger partial charge in [0, 0.05) is 6.07 Å². The smallest absolute Gasteiger partial charge is 0.336 e. The molecule has 0 aliphatic carbocycles. The summed E-state index contributed by atoms with van der Waals surface area (Å²) < 4.78 is 5.46. The second-order valence-electron chi connectivity index (χ2n) is 4.44. The standard InChI is InChI=1S/C13H13NO5/c1-5-13(3,4)19-11-7-9(12(15)16)6-10(8(11)2)14(17)18/h1,6-7H,2-4H3,(H,15,16). The first kappa shape index (κ1) is 14.5. The maximum Gasteiger partial charge on any atom is 0.336 e. The molecule has 1 N–H and O–H groups in total. The van der Waals surface area contributed by atoms with Gasteiger partial charge in [-0.25, -0.2) is 4.79 Å². The number of hydrogen-bond donors (Lipinski definition) is 1. The van der Waals surface area contributed by atoms with E-state index in [2.05, 4.69) is 5.92 Å². The van der Waals surface area contributed by atoms with Crippen LogP contribution in [0.4, 0.5) is 5.69 Å². The zero-order valence-electron chi connectivity index (χ0n) is 10.8. The third-order valence-electron chi connectivity index (χ3n) is 2.49. The Morgan fingerprint density at radius 3 is 2.53 bits per heavy atom. The molecule has 0 unspecified atom stereocenters. The van der Waals surface area contributed by atoms with E-state index in [4.69, 9.17) is 16.3 Å². The molecule has 0 saturated carbocycles. The Labute approximate surface area is 110 Å². The van der Waals surface area contributed by atoms with Crippen LogP contribution in [0.1, 0.15) is 29.8 Å². The predicted octanol–water partition coefficient (Wildman–Crippen LogP) is 2.39. The fraction of sp³-hybridized carbons (Fsp3) is 0.308. The highest BCUT2D eigenvalue weighted by molar-refractivity contribution is 5.89. The molecular formula is C13H13NO5. The van der Waals surface area contributed by atoms with Gasteiger partial charge >= 0.3 is 5.97 Å². The number of benzene rings is 1. The lowest BCUT2D eigenvalue weighted by atomic mass is 10.1. The van der Waals surface area contributed by atoms with Crippen LogP contribution in [0.25, 0.3) is 0 Å². The highest BCUT2D eigenvalue weighted by Crippen LogP contribution is 2.31. The van der Waals surface area contributed by atoms with E-state index in [1.54, 1.807) is 13.8 Å². The van der Waals surface area contributed by atoms with Crippen LogP contribution in [0.3, 0.4) is 0 Å². The van der Waals surface area contributed by atoms with Crippen molar-refractivity contribution in [1.82, 2.24) is 0 Å². The summed E-state index contributed by atoms with van der Waals surface area (Å²) in [5.41, 5.74) is -1.29. The summed E-state index contributed by atoms with van der Waals surface area (Å²) in [6.07, 6.45) is 5.27. The van der Waals surface area contributed by atoms with Crippen molar-refractivity contribution in [1.29, 1.82) is 0 Å². The number of aromatic carboxylic acids is 1. The molecule has 0 fully saturated rings. The summed E-state index contributed by atoms with van der Waals surface area (Å²) >= 11 is 0. The van der Waals surface area contributed by atoms with Gasteiger partial charge in [-0.2, -0.15) is 0 Å². The van der Waals surface area contributed by atoms with Gasteiger partial charge in [0.15, 0.2) is 5.60 Å². The van der Waals surface area contributed by atoms with Crippen molar-refractivity contribution in [3.05, 3.63) is 33.4 Å². The lowest BCUT2D eigenvalue weighted by Crippen LogP contribution is -2.26. The molecule has 6 nitrogen and oxygen atoms in total. The number of carboxylic acids is 1. The van der Waals surface area contributed by atoms with E-state index in [1.807, 2.05) is 0 Å². The highest BCUT2D eigenvalue weighted by Gasteiger charge is 2.24. The second kappa shape index (κ2) is 4.98. The van der Waals surface area contributed by atoms with Crippen LogP contribution in [-0.2, 0) is 0 Å². The van der Waals surface area contributed by atoms with E-state index >= 15 is 0 Å². The summed E-state index contributed by atoms with van der Waals surface area (Å²) in [6, 6.07) is 2.22. The van der Waals surface area contributed by atoms with E-state index < -0.39 is 16.5 Å². The Kier molecular flexibility index (Phi) is 3.80. The van der Waals surface area contributed by atoms with Gasteiger partial charge in [-0.15, -0.1) is 6.42 Å². The topological polar surface area (TPSA) is 89.7 Å². The number of nitro benzene ring substituents is 1. The van der Waals surface area contributed by atoms with Crippen LogP contribution in [-0.4, -0.2) is 21.6 Å². The van der Waals surface area contributed by atoms with Crippen molar-refractivity contribution in [3.63, 3.8) is 0 Å². The lowest BCUT2D eigenvalue weighted by Gasteiger charge is -2.21. The molecule has 0 atom stereocenters. The number of ether oxygens (including phenoxy) is 1. The van der Waals surface area contributed by atoms with Crippen LogP contribution >= 0.6 is 0 Å². The third kappa shape index (κ3) is 3.22. The lowest BCUT2D eigenvalue weighted by molar-refractivity contribution is -0.385. The Morgan fingerprint density at radius 1 is 1.53 bits per heavy atom. The second-order valence-corrected chi connectivity index (χ2v) is 4.44. The van der Waals surface area contributed by atoms with Gasteiger partial charge in [0.25, 0.3) is 5.69 Å². The molecule has 0 aromatic heterocycles. The first-order valence-electron chi connectivity index (χ1n) is 5.37. The summed E-state index contributed by atoms with van der Waals surface area (Å²) in [6.45, 7) is 4.68. The van der Waals surface area contributed by atoms with Crippen molar-refractivity contribution in [3.8, 4) is 18.1 Å². The Morgan fingerprint density at radius 2 is 2.11 bits per heavy atom. The van der Waals surface area contributed by atoms with E-state index in [0.29, 0.717) is 0 Å². The van der Waals surface area contributed by atoms with Crippen molar-refractivity contribution < 1.29 is 19.6 Å². The molecule has 0 amide bonds. The van der Waals surface area contributed by atoms with E-state index in [0.717, 1.165) is 6.07 Å². The van der Waals surface area contributed by atoms with Crippen molar-refractivity contribution in [2.75, 3.05) is 0 Å². The number of hydrogen-bond acceptors (Lipinski definition) is 4. The number of terminal acetylenes is 1. The molecule has 0 spiro atoms. The normalized spacial score (nSPS) is 10.6. The summed E-state index contributed by atoms with van der Waals surface area (Å²) in [5, 5.41) is 19.8. The number of nitro groups is 1. The number of nitrogens with zero attached hydrogens (tertiary/aromatic N) is 1. The van der Waals surface area contributed by atoms with Crippen LogP contribution < -0.4 is 4.74 Å². The SMILES string of the molecule is C#CC(C)(C)Oc1cc(C(=O)O)cc([N+](=O)[O-])c1C. The maximum atomic E-state index is 11.0. The predicted molar refractivity (Wildman–Crippen MR) is 68.3 cm³/mol. The van der Waals surface area contributed by atoms with Crippen molar-refractivity contribution in [2.24, 2.45) is 0 Å². The summed E-state index contributed by atoms with van der Waals surface area (Å²) in [5.74, 6) is 1.20. The van der Waals surface area contributed by atoms with E-state index in [9.17, 15) is 14.9 Å². The van der Waals surface area contributed by atoms with Gasteiger partial charge in [-0.1, -0.05) is 5.92 Å². The molecule has 0 aliphatic heterocycles. The Balaban J connectivity index is 3.43. The number of rotatable bonds is 4. The third-order valence-corrected chi connectivity index (χ3v) is 2.49. The number of carbonyl (C=O) groups is 1. The van der Waals surface area contributed by atoms with Gasteiger partial charge in [-0.3, -0.25) is 10.1 Å². The molecule has 1 aromatic rings. The van der Waals surface area contributed by atoms with Gasteiger partial charge in [-0.05, 0) is 26.8 Å². The summed E-state index contributed by atoms with van der Waals surface area (Å²) in [7, 11) is 0. The van der Waals surface area contributed by atoms with Crippen LogP contribution in [0.5, 0.6) is 5.75 Å². The van der Waals surface area contributed by atoms with Gasteiger partial charge in [0.05, 0.1) is 16.1 Å². The minimum atomic E-state index is -1.27. The van der Waals surface area contributed by atoms with Gasteiger partial charge < -0.3 is 9.84 Å². The fourth-order valence-corrected chi connectivity index (χ4v) is 1.40. The van der Waals surface area contributed by atoms with Crippen LogP contribution in [0.15, 0.2) is 12.1 Å². The average molecular weight is 263 g/mol. The molecule has 0 heterocycles. The van der Waals surface area contributed by atoms with Crippen molar-refractivity contribution in [2.45, 2.75) is 26.4 Å². The largest absolute Gasteiger partial charge is 0.478 e. The number of carboxylic acid groups (broad SMARTS) is 1. The molecule has 19 heavy (non-hydrogen) atoms. The molecule has 1 rings (SSSR count).